The van der Waals surface area contributed by atoms with Gasteiger partial charge in [-0.3, -0.25) is 4.79 Å². The third-order valence-corrected chi connectivity index (χ3v) is 4.64. The second kappa shape index (κ2) is 9.04. The average molecular weight is 347 g/mol. The van der Waals surface area contributed by atoms with E-state index in [1.165, 1.54) is 24.9 Å². The molecule has 0 aliphatic carbocycles. The van der Waals surface area contributed by atoms with Crippen LogP contribution in [0.5, 0.6) is 5.75 Å². The zero-order chi connectivity index (χ0) is 18.2. The molecule has 1 heterocycles. The maximum Gasteiger partial charge on any atom is 0.185 e. The molecule has 3 rings (SSSR count). The van der Waals surface area contributed by atoms with Crippen LogP contribution in [0.1, 0.15) is 35.2 Å². The minimum absolute atomic E-state index is 0.0228. The molecule has 0 bridgehead atoms. The summed E-state index contributed by atoms with van der Waals surface area (Å²) in [5.41, 5.74) is 3.00. The van der Waals surface area contributed by atoms with Crippen molar-refractivity contribution in [2.24, 2.45) is 0 Å². The van der Waals surface area contributed by atoms with Gasteiger partial charge < -0.3 is 9.64 Å². The van der Waals surface area contributed by atoms with Crippen molar-refractivity contribution in [2.75, 3.05) is 25.1 Å². The molecule has 0 N–H and O–H groups in total. The molecule has 1 aliphatic rings. The second-order valence-corrected chi connectivity index (χ2v) is 6.45. The molecule has 26 heavy (non-hydrogen) atoms. The van der Waals surface area contributed by atoms with Crippen LogP contribution in [-0.4, -0.2) is 26.0 Å². The first kappa shape index (κ1) is 18.0. The number of hydrogen-bond donors (Lipinski definition) is 0. The largest absolute Gasteiger partial charge is 0.497 e. The second-order valence-electron chi connectivity index (χ2n) is 6.45. The Morgan fingerprint density at radius 1 is 0.923 bits per heavy atom. The minimum Gasteiger partial charge on any atom is -0.497 e. The average Bonchev–Trinajstić information content (AvgIpc) is 2.72. The zero-order valence-corrected chi connectivity index (χ0v) is 15.2. The molecule has 0 aromatic heterocycles. The molecule has 134 valence electrons. The summed E-state index contributed by atoms with van der Waals surface area (Å²) < 4.78 is 5.14. The fourth-order valence-corrected chi connectivity index (χ4v) is 3.11. The van der Waals surface area contributed by atoms with E-state index in [4.69, 9.17) is 4.74 Å². The summed E-state index contributed by atoms with van der Waals surface area (Å²) in [6.45, 7) is 2.23. The molecular formula is C23H25NO2. The number of anilines is 1. The number of piperidine rings is 1. The summed E-state index contributed by atoms with van der Waals surface area (Å²) in [4.78, 5) is 14.7. The van der Waals surface area contributed by atoms with E-state index >= 15 is 0 Å². The highest BCUT2D eigenvalue weighted by Gasteiger charge is 2.11. The molecule has 1 aliphatic heterocycles. The highest BCUT2D eigenvalue weighted by Crippen LogP contribution is 2.20. The first-order valence-electron chi connectivity index (χ1n) is 9.14. The van der Waals surface area contributed by atoms with Gasteiger partial charge in [0, 0.05) is 24.3 Å². The van der Waals surface area contributed by atoms with Gasteiger partial charge in [-0.1, -0.05) is 30.4 Å². The fourth-order valence-electron chi connectivity index (χ4n) is 3.11. The van der Waals surface area contributed by atoms with Gasteiger partial charge in [-0.25, -0.2) is 0 Å². The van der Waals surface area contributed by atoms with Crippen LogP contribution in [0.4, 0.5) is 5.69 Å². The lowest BCUT2D eigenvalue weighted by Crippen LogP contribution is -2.29. The highest BCUT2D eigenvalue weighted by atomic mass is 16.5. The Hall–Kier alpha value is -2.81. The van der Waals surface area contributed by atoms with Gasteiger partial charge in [-0.15, -0.1) is 0 Å². The number of hydrogen-bond acceptors (Lipinski definition) is 3. The molecule has 0 spiro atoms. The predicted octanol–water partition coefficient (Wildman–Crippen LogP) is 5.14. The van der Waals surface area contributed by atoms with Gasteiger partial charge in [0.15, 0.2) is 5.78 Å². The molecule has 0 radical (unpaired) electrons. The van der Waals surface area contributed by atoms with Crippen molar-refractivity contribution in [3.05, 3.63) is 77.9 Å². The SMILES string of the molecule is COc1ccc(/C=C/C=C\C(=O)c2ccc(N3CCCCC3)cc2)cc1. The van der Waals surface area contributed by atoms with E-state index in [-0.39, 0.29) is 5.78 Å². The number of allylic oxidation sites excluding steroid dienone is 3. The first-order chi connectivity index (χ1) is 12.8. The smallest absolute Gasteiger partial charge is 0.185 e. The number of methoxy groups -OCH3 is 1. The molecule has 2 aromatic carbocycles. The number of benzene rings is 2. The molecule has 0 saturated carbocycles. The number of carbonyl (C=O) groups excluding carboxylic acids is 1. The third-order valence-electron chi connectivity index (χ3n) is 4.64. The Kier molecular flexibility index (Phi) is 6.26. The molecule has 2 aromatic rings. The third kappa shape index (κ3) is 4.85. The van der Waals surface area contributed by atoms with Gasteiger partial charge >= 0.3 is 0 Å². The summed E-state index contributed by atoms with van der Waals surface area (Å²) in [6.07, 6.45) is 11.1. The van der Waals surface area contributed by atoms with Gasteiger partial charge in [0.2, 0.25) is 0 Å². The summed E-state index contributed by atoms with van der Waals surface area (Å²) in [5, 5.41) is 0. The van der Waals surface area contributed by atoms with Crippen LogP contribution in [0.3, 0.4) is 0 Å². The Bertz CT molecular complexity index is 767. The van der Waals surface area contributed by atoms with Gasteiger partial charge in [-0.05, 0) is 67.3 Å². The van der Waals surface area contributed by atoms with E-state index < -0.39 is 0 Å². The molecular weight excluding hydrogens is 322 g/mol. The lowest BCUT2D eigenvalue weighted by Gasteiger charge is -2.28. The van der Waals surface area contributed by atoms with E-state index in [1.807, 2.05) is 48.6 Å². The number of ether oxygens (including phenoxy) is 1. The highest BCUT2D eigenvalue weighted by molar-refractivity contribution is 6.04. The Labute approximate surface area is 155 Å². The molecule has 1 fully saturated rings. The Balaban J connectivity index is 1.56. The van der Waals surface area contributed by atoms with Crippen LogP contribution in [-0.2, 0) is 0 Å². The fraction of sp³-hybridized carbons (Fsp3) is 0.261. The van der Waals surface area contributed by atoms with Crippen LogP contribution >= 0.6 is 0 Å². The summed E-state index contributed by atoms with van der Waals surface area (Å²) in [7, 11) is 1.65. The van der Waals surface area contributed by atoms with E-state index in [0.29, 0.717) is 0 Å². The number of nitrogens with zero attached hydrogens (tertiary/aromatic N) is 1. The molecule has 0 unspecified atom stereocenters. The number of ketones is 1. The van der Waals surface area contributed by atoms with Crippen molar-refractivity contribution < 1.29 is 9.53 Å². The van der Waals surface area contributed by atoms with Crippen LogP contribution in [0.25, 0.3) is 6.08 Å². The van der Waals surface area contributed by atoms with E-state index in [1.54, 1.807) is 19.3 Å². The standard InChI is InChI=1S/C23H25NO2/c1-26-22-15-9-19(10-16-22)7-3-4-8-23(25)20-11-13-21(14-12-20)24-17-5-2-6-18-24/h3-4,7-16H,2,5-6,17-18H2,1H3/b7-3+,8-4-. The quantitative estimate of drug-likeness (QED) is 0.412. The zero-order valence-electron chi connectivity index (χ0n) is 15.2. The Morgan fingerprint density at radius 2 is 1.62 bits per heavy atom. The van der Waals surface area contributed by atoms with E-state index in [0.717, 1.165) is 30.0 Å². The van der Waals surface area contributed by atoms with Crippen molar-refractivity contribution in [3.8, 4) is 5.75 Å². The molecule has 1 saturated heterocycles. The van der Waals surface area contributed by atoms with Crippen molar-refractivity contribution in [1.82, 2.24) is 0 Å². The monoisotopic (exact) mass is 347 g/mol. The maximum atomic E-state index is 12.3. The van der Waals surface area contributed by atoms with Crippen LogP contribution in [0.15, 0.2) is 66.8 Å². The van der Waals surface area contributed by atoms with Gasteiger partial charge in [0.1, 0.15) is 5.75 Å². The van der Waals surface area contributed by atoms with Gasteiger partial charge in [0.25, 0.3) is 0 Å². The summed E-state index contributed by atoms with van der Waals surface area (Å²) in [5.74, 6) is 0.857. The van der Waals surface area contributed by atoms with E-state index in [9.17, 15) is 4.79 Å². The predicted molar refractivity (Wildman–Crippen MR) is 108 cm³/mol. The van der Waals surface area contributed by atoms with Gasteiger partial charge in [0.05, 0.1) is 7.11 Å². The molecule has 0 atom stereocenters. The van der Waals surface area contributed by atoms with Gasteiger partial charge in [-0.2, -0.15) is 0 Å². The van der Waals surface area contributed by atoms with Crippen molar-refractivity contribution in [1.29, 1.82) is 0 Å². The maximum absolute atomic E-state index is 12.3. The molecule has 3 nitrogen and oxygen atoms in total. The van der Waals surface area contributed by atoms with Crippen molar-refractivity contribution >= 4 is 17.5 Å². The lowest BCUT2D eigenvalue weighted by molar-refractivity contribution is 0.104. The summed E-state index contributed by atoms with van der Waals surface area (Å²) in [6, 6.07) is 15.7. The number of rotatable bonds is 6. The van der Waals surface area contributed by atoms with Crippen molar-refractivity contribution in [2.45, 2.75) is 19.3 Å². The number of carbonyl (C=O) groups is 1. The summed E-state index contributed by atoms with van der Waals surface area (Å²) >= 11 is 0. The topological polar surface area (TPSA) is 29.5 Å². The molecule has 0 amide bonds. The minimum atomic E-state index is 0.0228. The van der Waals surface area contributed by atoms with Crippen LogP contribution in [0, 0.1) is 0 Å². The van der Waals surface area contributed by atoms with Crippen molar-refractivity contribution in [3.63, 3.8) is 0 Å². The van der Waals surface area contributed by atoms with E-state index in [2.05, 4.69) is 17.0 Å². The normalized spacial score (nSPS) is 14.9. The lowest BCUT2D eigenvalue weighted by atomic mass is 10.1. The molecule has 3 heteroatoms. The first-order valence-corrected chi connectivity index (χ1v) is 9.14. The Morgan fingerprint density at radius 3 is 2.27 bits per heavy atom. The van der Waals surface area contributed by atoms with Crippen LogP contribution in [0.2, 0.25) is 0 Å². The van der Waals surface area contributed by atoms with Crippen LogP contribution < -0.4 is 9.64 Å².